The van der Waals surface area contributed by atoms with Gasteiger partial charge in [-0.1, -0.05) is 31.2 Å². The molecule has 0 saturated heterocycles. The van der Waals surface area contributed by atoms with Crippen LogP contribution in [-0.2, 0) is 6.42 Å². The monoisotopic (exact) mass is 414 g/mol. The van der Waals surface area contributed by atoms with Gasteiger partial charge in [0.05, 0.1) is 23.9 Å². The van der Waals surface area contributed by atoms with Gasteiger partial charge in [-0.05, 0) is 59.7 Å². The van der Waals surface area contributed by atoms with Crippen LogP contribution in [-0.4, -0.2) is 29.8 Å². The van der Waals surface area contributed by atoms with Gasteiger partial charge in [0.1, 0.15) is 6.07 Å². The van der Waals surface area contributed by atoms with Crippen LogP contribution in [0.1, 0.15) is 40.5 Å². The summed E-state index contributed by atoms with van der Waals surface area (Å²) in [7, 11) is 1.55. The summed E-state index contributed by atoms with van der Waals surface area (Å²) in [6.45, 7) is 2.06. The first-order valence-electron chi connectivity index (χ1n) is 10.1. The SMILES string of the molecule is COc1cc(/C=C2\CC(C)Cc3c2nc2ccccc2c3C(=O)O)ccc1OCC#N. The number of rotatable bonds is 5. The molecule has 6 nitrogen and oxygen atoms in total. The van der Waals surface area contributed by atoms with E-state index in [4.69, 9.17) is 19.7 Å². The van der Waals surface area contributed by atoms with Gasteiger partial charge < -0.3 is 14.6 Å². The molecule has 3 aromatic rings. The lowest BCUT2D eigenvalue weighted by molar-refractivity contribution is 0.0697. The lowest BCUT2D eigenvalue weighted by Crippen LogP contribution is -2.17. The third-order valence-corrected chi connectivity index (χ3v) is 5.45. The molecule has 31 heavy (non-hydrogen) atoms. The van der Waals surface area contributed by atoms with Crippen molar-refractivity contribution < 1.29 is 19.4 Å². The van der Waals surface area contributed by atoms with Gasteiger partial charge in [-0.2, -0.15) is 5.26 Å². The summed E-state index contributed by atoms with van der Waals surface area (Å²) < 4.78 is 10.8. The molecule has 0 amide bonds. The standard InChI is InChI=1S/C25H22N2O4/c1-15-11-17(13-16-7-8-21(31-10-9-26)22(14-16)30-2)24-19(12-15)23(25(28)29)18-5-3-4-6-20(18)27-24/h3-8,13-15H,10-12H2,1-2H3,(H,28,29)/b17-13+. The largest absolute Gasteiger partial charge is 0.493 e. The molecule has 0 radical (unpaired) electrons. The Bertz CT molecular complexity index is 1240. The van der Waals surface area contributed by atoms with Gasteiger partial charge in [0, 0.05) is 5.39 Å². The topological polar surface area (TPSA) is 92.4 Å². The average Bonchev–Trinajstić information content (AvgIpc) is 2.76. The number of fused-ring (bicyclic) bond motifs is 2. The molecule has 0 spiro atoms. The van der Waals surface area contributed by atoms with Crippen LogP contribution >= 0.6 is 0 Å². The zero-order chi connectivity index (χ0) is 22.0. The average molecular weight is 414 g/mol. The fraction of sp³-hybridized carbons (Fsp3) is 0.240. The first-order chi connectivity index (χ1) is 15.0. The van der Waals surface area contributed by atoms with Gasteiger partial charge in [-0.15, -0.1) is 0 Å². The Kier molecular flexibility index (Phi) is 5.59. The second kappa shape index (κ2) is 8.49. The van der Waals surface area contributed by atoms with Crippen molar-refractivity contribution in [3.05, 3.63) is 64.8 Å². The molecule has 0 aliphatic heterocycles. The number of para-hydroxylation sites is 1. The van der Waals surface area contributed by atoms with E-state index in [0.717, 1.165) is 28.8 Å². The van der Waals surface area contributed by atoms with E-state index in [1.165, 1.54) is 0 Å². The molecule has 1 N–H and O–H groups in total. The lowest BCUT2D eigenvalue weighted by Gasteiger charge is -2.26. The Morgan fingerprint density at radius 1 is 1.26 bits per heavy atom. The second-order valence-corrected chi connectivity index (χ2v) is 7.68. The second-order valence-electron chi connectivity index (χ2n) is 7.68. The molecule has 156 valence electrons. The van der Waals surface area contributed by atoms with Crippen LogP contribution in [0, 0.1) is 17.2 Å². The first-order valence-corrected chi connectivity index (χ1v) is 10.1. The number of carboxylic acid groups (broad SMARTS) is 1. The van der Waals surface area contributed by atoms with E-state index < -0.39 is 5.97 Å². The van der Waals surface area contributed by atoms with Crippen molar-refractivity contribution in [1.82, 2.24) is 4.98 Å². The minimum atomic E-state index is -0.927. The molecule has 2 aromatic carbocycles. The van der Waals surface area contributed by atoms with Gasteiger partial charge in [0.25, 0.3) is 0 Å². The van der Waals surface area contributed by atoms with E-state index in [1.54, 1.807) is 13.2 Å². The number of nitriles is 1. The highest BCUT2D eigenvalue weighted by molar-refractivity contribution is 6.06. The quantitative estimate of drug-likeness (QED) is 0.634. The first kappa shape index (κ1) is 20.4. The van der Waals surface area contributed by atoms with E-state index in [0.29, 0.717) is 40.3 Å². The summed E-state index contributed by atoms with van der Waals surface area (Å²) in [5.41, 5.74) is 4.45. The third-order valence-electron chi connectivity index (χ3n) is 5.45. The van der Waals surface area contributed by atoms with Gasteiger partial charge in [0.15, 0.2) is 18.1 Å². The molecule has 6 heteroatoms. The minimum absolute atomic E-state index is 0.0589. The Morgan fingerprint density at radius 3 is 2.81 bits per heavy atom. The molecule has 0 saturated carbocycles. The lowest BCUT2D eigenvalue weighted by atomic mass is 9.80. The molecule has 1 aliphatic carbocycles. The van der Waals surface area contributed by atoms with E-state index in [9.17, 15) is 9.90 Å². The zero-order valence-electron chi connectivity index (χ0n) is 17.4. The Balaban J connectivity index is 1.86. The predicted molar refractivity (Wildman–Crippen MR) is 118 cm³/mol. The summed E-state index contributed by atoms with van der Waals surface area (Å²) in [5.74, 6) is 0.399. The maximum absolute atomic E-state index is 12.2. The highest BCUT2D eigenvalue weighted by atomic mass is 16.5. The van der Waals surface area contributed by atoms with Crippen LogP contribution < -0.4 is 9.47 Å². The number of hydrogen-bond acceptors (Lipinski definition) is 5. The molecule has 1 heterocycles. The number of ether oxygens (including phenoxy) is 2. The van der Waals surface area contributed by atoms with Crippen molar-refractivity contribution in [3.8, 4) is 17.6 Å². The number of aromatic carboxylic acids is 1. The number of methoxy groups -OCH3 is 1. The van der Waals surface area contributed by atoms with E-state index >= 15 is 0 Å². The number of aromatic nitrogens is 1. The van der Waals surface area contributed by atoms with Crippen LogP contribution in [0.5, 0.6) is 11.5 Å². The fourth-order valence-electron chi connectivity index (χ4n) is 4.18. The van der Waals surface area contributed by atoms with Crippen LogP contribution in [0.3, 0.4) is 0 Å². The summed E-state index contributed by atoms with van der Waals surface area (Å²) in [5, 5.41) is 19.4. The van der Waals surface area contributed by atoms with Crippen molar-refractivity contribution in [1.29, 1.82) is 5.26 Å². The van der Waals surface area contributed by atoms with E-state index in [2.05, 4.69) is 6.92 Å². The highest BCUT2D eigenvalue weighted by Crippen LogP contribution is 2.39. The summed E-state index contributed by atoms with van der Waals surface area (Å²) in [4.78, 5) is 17.0. The van der Waals surface area contributed by atoms with Crippen molar-refractivity contribution in [3.63, 3.8) is 0 Å². The Morgan fingerprint density at radius 2 is 2.06 bits per heavy atom. The number of nitrogens with zero attached hydrogens (tertiary/aromatic N) is 2. The molecule has 1 unspecified atom stereocenters. The van der Waals surface area contributed by atoms with Gasteiger partial charge >= 0.3 is 5.97 Å². The van der Waals surface area contributed by atoms with Gasteiger partial charge in [0.2, 0.25) is 0 Å². The zero-order valence-corrected chi connectivity index (χ0v) is 17.4. The number of carbonyl (C=O) groups is 1. The number of carboxylic acids is 1. The summed E-state index contributed by atoms with van der Waals surface area (Å²) in [6, 6.07) is 14.8. The van der Waals surface area contributed by atoms with Crippen LogP contribution in [0.2, 0.25) is 0 Å². The molecular formula is C25H22N2O4. The molecule has 0 bridgehead atoms. The molecule has 0 fully saturated rings. The van der Waals surface area contributed by atoms with Crippen molar-refractivity contribution in [2.45, 2.75) is 19.8 Å². The Hall–Kier alpha value is -3.85. The minimum Gasteiger partial charge on any atom is -0.493 e. The summed E-state index contributed by atoms with van der Waals surface area (Å²) in [6.07, 6.45) is 3.50. The highest BCUT2D eigenvalue weighted by Gasteiger charge is 2.28. The van der Waals surface area contributed by atoms with E-state index in [1.807, 2.05) is 48.5 Å². The Labute approximate surface area is 180 Å². The van der Waals surface area contributed by atoms with Crippen molar-refractivity contribution in [2.24, 2.45) is 5.92 Å². The molecule has 1 aliphatic rings. The number of allylic oxidation sites excluding steroid dienone is 1. The van der Waals surface area contributed by atoms with E-state index in [-0.39, 0.29) is 6.61 Å². The maximum Gasteiger partial charge on any atom is 0.336 e. The third kappa shape index (κ3) is 3.95. The molecular weight excluding hydrogens is 392 g/mol. The smallest absolute Gasteiger partial charge is 0.336 e. The van der Waals surface area contributed by atoms with Crippen LogP contribution in [0.25, 0.3) is 22.6 Å². The number of hydrogen-bond donors (Lipinski definition) is 1. The van der Waals surface area contributed by atoms with Crippen molar-refractivity contribution in [2.75, 3.05) is 13.7 Å². The van der Waals surface area contributed by atoms with Crippen LogP contribution in [0.15, 0.2) is 42.5 Å². The van der Waals surface area contributed by atoms with Gasteiger partial charge in [-0.3, -0.25) is 0 Å². The predicted octanol–water partition coefficient (Wildman–Crippen LogP) is 4.97. The normalized spacial score (nSPS) is 16.5. The number of pyridine rings is 1. The van der Waals surface area contributed by atoms with Gasteiger partial charge in [-0.25, -0.2) is 9.78 Å². The molecule has 4 rings (SSSR count). The molecule has 1 atom stereocenters. The fourth-order valence-corrected chi connectivity index (χ4v) is 4.18. The molecule has 1 aromatic heterocycles. The summed E-state index contributed by atoms with van der Waals surface area (Å²) >= 11 is 0. The van der Waals surface area contributed by atoms with Crippen molar-refractivity contribution >= 4 is 28.5 Å². The maximum atomic E-state index is 12.2. The number of benzene rings is 2. The van der Waals surface area contributed by atoms with Crippen LogP contribution in [0.4, 0.5) is 0 Å².